The summed E-state index contributed by atoms with van der Waals surface area (Å²) in [6.07, 6.45) is 8.80. The van der Waals surface area contributed by atoms with E-state index in [4.69, 9.17) is 9.26 Å². The SMILES string of the molecule is COCc1noc(CN2CCCCC2CCn2ccnc2C)n1. The third kappa shape index (κ3) is 4.17. The number of nitrogens with zero attached hydrogens (tertiary/aromatic N) is 5. The van der Waals surface area contributed by atoms with Gasteiger partial charge < -0.3 is 13.8 Å². The number of aromatic nitrogens is 4. The highest BCUT2D eigenvalue weighted by Crippen LogP contribution is 2.22. The summed E-state index contributed by atoms with van der Waals surface area (Å²) in [6, 6.07) is 0.559. The summed E-state index contributed by atoms with van der Waals surface area (Å²) in [5.41, 5.74) is 0. The number of likely N-dealkylation sites (tertiary alicyclic amines) is 1. The Kier molecular flexibility index (Phi) is 5.40. The second-order valence-electron chi connectivity index (χ2n) is 6.11. The van der Waals surface area contributed by atoms with Gasteiger partial charge in [-0.15, -0.1) is 0 Å². The van der Waals surface area contributed by atoms with Gasteiger partial charge in [0.05, 0.1) is 6.54 Å². The summed E-state index contributed by atoms with van der Waals surface area (Å²) in [5, 5.41) is 3.94. The van der Waals surface area contributed by atoms with Crippen molar-refractivity contribution in [1.82, 2.24) is 24.6 Å². The molecular weight excluding hydrogens is 294 g/mol. The molecule has 1 unspecified atom stereocenters. The highest BCUT2D eigenvalue weighted by molar-refractivity contribution is 4.90. The number of methoxy groups -OCH3 is 1. The van der Waals surface area contributed by atoms with Crippen LogP contribution in [0, 0.1) is 6.92 Å². The van der Waals surface area contributed by atoms with E-state index < -0.39 is 0 Å². The van der Waals surface area contributed by atoms with E-state index in [2.05, 4.69) is 37.7 Å². The van der Waals surface area contributed by atoms with Crippen LogP contribution in [0.2, 0.25) is 0 Å². The molecule has 0 aromatic carbocycles. The Bertz CT molecular complexity index is 609. The predicted molar refractivity (Wildman–Crippen MR) is 84.6 cm³/mol. The maximum Gasteiger partial charge on any atom is 0.240 e. The van der Waals surface area contributed by atoms with E-state index in [1.54, 1.807) is 7.11 Å². The number of piperidine rings is 1. The lowest BCUT2D eigenvalue weighted by Crippen LogP contribution is -2.39. The molecule has 0 bridgehead atoms. The molecule has 0 spiro atoms. The largest absolute Gasteiger partial charge is 0.377 e. The Morgan fingerprint density at radius 3 is 3.09 bits per heavy atom. The van der Waals surface area contributed by atoms with E-state index in [1.807, 2.05) is 6.20 Å². The Morgan fingerprint density at radius 1 is 1.39 bits per heavy atom. The highest BCUT2D eigenvalue weighted by atomic mass is 16.5. The maximum absolute atomic E-state index is 5.34. The van der Waals surface area contributed by atoms with Crippen LogP contribution in [-0.2, 0) is 24.4 Å². The van der Waals surface area contributed by atoms with Crippen LogP contribution in [0.25, 0.3) is 0 Å². The molecule has 3 heterocycles. The van der Waals surface area contributed by atoms with Gasteiger partial charge >= 0.3 is 0 Å². The molecule has 1 atom stereocenters. The molecule has 3 rings (SSSR count). The van der Waals surface area contributed by atoms with Crippen molar-refractivity contribution in [2.45, 2.75) is 58.3 Å². The summed E-state index contributed by atoms with van der Waals surface area (Å²) in [4.78, 5) is 11.2. The molecule has 0 saturated carbocycles. The van der Waals surface area contributed by atoms with Crippen LogP contribution in [0.4, 0.5) is 0 Å². The Hall–Kier alpha value is -1.73. The Balaban J connectivity index is 1.58. The molecule has 1 saturated heterocycles. The number of aryl methyl sites for hydroxylation is 2. The molecule has 2 aromatic rings. The van der Waals surface area contributed by atoms with Crippen molar-refractivity contribution in [3.05, 3.63) is 29.9 Å². The average molecular weight is 319 g/mol. The van der Waals surface area contributed by atoms with Gasteiger partial charge in [-0.3, -0.25) is 4.90 Å². The maximum atomic E-state index is 5.34. The van der Waals surface area contributed by atoms with Gasteiger partial charge in [-0.2, -0.15) is 4.98 Å². The molecule has 1 aliphatic heterocycles. The molecule has 126 valence electrons. The van der Waals surface area contributed by atoms with Gasteiger partial charge in [0.1, 0.15) is 12.4 Å². The van der Waals surface area contributed by atoms with Crippen LogP contribution in [0.3, 0.4) is 0 Å². The van der Waals surface area contributed by atoms with Gasteiger partial charge in [-0.05, 0) is 32.7 Å². The fraction of sp³-hybridized carbons (Fsp3) is 0.688. The van der Waals surface area contributed by atoms with Crippen molar-refractivity contribution in [2.24, 2.45) is 0 Å². The topological polar surface area (TPSA) is 69.2 Å². The van der Waals surface area contributed by atoms with Crippen molar-refractivity contribution in [3.63, 3.8) is 0 Å². The zero-order valence-electron chi connectivity index (χ0n) is 13.9. The lowest BCUT2D eigenvalue weighted by Gasteiger charge is -2.34. The third-order valence-corrected chi connectivity index (χ3v) is 4.50. The van der Waals surface area contributed by atoms with Crippen LogP contribution in [-0.4, -0.2) is 44.3 Å². The number of imidazole rings is 1. The Morgan fingerprint density at radius 2 is 2.30 bits per heavy atom. The minimum atomic E-state index is 0.396. The van der Waals surface area contributed by atoms with E-state index in [9.17, 15) is 0 Å². The number of hydrogen-bond donors (Lipinski definition) is 0. The Labute approximate surface area is 136 Å². The van der Waals surface area contributed by atoms with Crippen LogP contribution in [0.1, 0.15) is 43.2 Å². The molecule has 2 aromatic heterocycles. The molecule has 0 aliphatic carbocycles. The van der Waals surface area contributed by atoms with Crippen molar-refractivity contribution < 1.29 is 9.26 Å². The normalized spacial score (nSPS) is 19.3. The van der Waals surface area contributed by atoms with Crippen LogP contribution in [0.15, 0.2) is 16.9 Å². The van der Waals surface area contributed by atoms with Crippen LogP contribution in [0.5, 0.6) is 0 Å². The van der Waals surface area contributed by atoms with Gasteiger partial charge in [0.2, 0.25) is 5.89 Å². The summed E-state index contributed by atoms with van der Waals surface area (Å²) in [6.45, 7) is 5.27. The van der Waals surface area contributed by atoms with Crippen molar-refractivity contribution in [2.75, 3.05) is 13.7 Å². The zero-order chi connectivity index (χ0) is 16.1. The van der Waals surface area contributed by atoms with E-state index in [0.29, 0.717) is 24.4 Å². The number of ether oxygens (including phenoxy) is 1. The number of hydrogen-bond acceptors (Lipinski definition) is 6. The minimum absolute atomic E-state index is 0.396. The van der Waals surface area contributed by atoms with Crippen LogP contribution < -0.4 is 0 Å². The first kappa shape index (κ1) is 16.1. The highest BCUT2D eigenvalue weighted by Gasteiger charge is 2.24. The molecular formula is C16H25N5O2. The summed E-state index contributed by atoms with van der Waals surface area (Å²) in [5.74, 6) is 2.38. The van der Waals surface area contributed by atoms with Gasteiger partial charge in [-0.25, -0.2) is 4.98 Å². The molecule has 7 heteroatoms. The average Bonchev–Trinajstić information content (AvgIpc) is 3.16. The fourth-order valence-electron chi connectivity index (χ4n) is 3.24. The second kappa shape index (κ2) is 7.70. The quantitative estimate of drug-likeness (QED) is 0.779. The molecule has 0 radical (unpaired) electrons. The smallest absolute Gasteiger partial charge is 0.240 e. The zero-order valence-corrected chi connectivity index (χ0v) is 13.9. The molecule has 1 aliphatic rings. The van der Waals surface area contributed by atoms with E-state index in [1.165, 1.54) is 19.3 Å². The van der Waals surface area contributed by atoms with E-state index in [-0.39, 0.29) is 0 Å². The third-order valence-electron chi connectivity index (χ3n) is 4.50. The molecule has 0 amide bonds. The monoisotopic (exact) mass is 319 g/mol. The van der Waals surface area contributed by atoms with E-state index in [0.717, 1.165) is 31.9 Å². The standard InChI is InChI=1S/C16H25N5O2/c1-13-17-7-10-20(13)9-6-14-5-3-4-8-21(14)11-16-18-15(12-22-2)19-23-16/h7,10,14H,3-6,8-9,11-12H2,1-2H3. The van der Waals surface area contributed by atoms with E-state index >= 15 is 0 Å². The lowest BCUT2D eigenvalue weighted by atomic mass is 9.99. The first-order chi connectivity index (χ1) is 11.3. The van der Waals surface area contributed by atoms with Gasteiger partial charge in [0.25, 0.3) is 0 Å². The fourth-order valence-corrected chi connectivity index (χ4v) is 3.24. The molecule has 0 N–H and O–H groups in total. The summed E-state index contributed by atoms with van der Waals surface area (Å²) < 4.78 is 12.6. The minimum Gasteiger partial charge on any atom is -0.377 e. The van der Waals surface area contributed by atoms with Crippen molar-refractivity contribution in [1.29, 1.82) is 0 Å². The predicted octanol–water partition coefficient (Wildman–Crippen LogP) is 2.17. The van der Waals surface area contributed by atoms with Crippen LogP contribution >= 0.6 is 0 Å². The van der Waals surface area contributed by atoms with Gasteiger partial charge in [-0.1, -0.05) is 11.6 Å². The van der Waals surface area contributed by atoms with Gasteiger partial charge in [0.15, 0.2) is 5.82 Å². The summed E-state index contributed by atoms with van der Waals surface area (Å²) in [7, 11) is 1.63. The lowest BCUT2D eigenvalue weighted by molar-refractivity contribution is 0.113. The van der Waals surface area contributed by atoms with Crippen molar-refractivity contribution >= 4 is 0 Å². The first-order valence-electron chi connectivity index (χ1n) is 8.28. The van der Waals surface area contributed by atoms with Crippen molar-refractivity contribution in [3.8, 4) is 0 Å². The summed E-state index contributed by atoms with van der Waals surface area (Å²) >= 11 is 0. The molecule has 23 heavy (non-hydrogen) atoms. The molecule has 7 nitrogen and oxygen atoms in total. The van der Waals surface area contributed by atoms with Gasteiger partial charge in [0, 0.05) is 32.1 Å². The number of rotatable bonds is 7. The molecule has 1 fully saturated rings. The first-order valence-corrected chi connectivity index (χ1v) is 8.28. The second-order valence-corrected chi connectivity index (χ2v) is 6.11.